The van der Waals surface area contributed by atoms with Crippen LogP contribution < -0.4 is 9.47 Å². The highest BCUT2D eigenvalue weighted by Crippen LogP contribution is 2.30. The van der Waals surface area contributed by atoms with Crippen molar-refractivity contribution in [2.75, 3.05) is 0 Å². The molecule has 0 aliphatic heterocycles. The summed E-state index contributed by atoms with van der Waals surface area (Å²) in [5, 5.41) is 0.733. The van der Waals surface area contributed by atoms with Crippen molar-refractivity contribution in [1.29, 1.82) is 0 Å². The van der Waals surface area contributed by atoms with Gasteiger partial charge in [0.25, 0.3) is 0 Å². The van der Waals surface area contributed by atoms with E-state index in [0.717, 1.165) is 5.56 Å². The molecule has 0 bridgehead atoms. The molecule has 0 amide bonds. The van der Waals surface area contributed by atoms with E-state index in [1.165, 1.54) is 6.20 Å². The Morgan fingerprint density at radius 3 is 2.11 bits per heavy atom. The number of benzene rings is 2. The second kappa shape index (κ2) is 8.21. The number of halogens is 2. The van der Waals surface area contributed by atoms with E-state index in [2.05, 4.69) is 25.8 Å². The predicted molar refractivity (Wildman–Crippen MR) is 111 cm³/mol. The molecule has 2 aromatic carbocycles. The zero-order valence-electron chi connectivity index (χ0n) is 15.7. The van der Waals surface area contributed by atoms with E-state index in [1.807, 2.05) is 12.1 Å². The lowest BCUT2D eigenvalue weighted by atomic mass is 9.87. The molecule has 0 spiro atoms. The van der Waals surface area contributed by atoms with Gasteiger partial charge in [0.2, 0.25) is 5.88 Å². The van der Waals surface area contributed by atoms with Crippen LogP contribution in [0.5, 0.6) is 17.4 Å². The van der Waals surface area contributed by atoms with Crippen LogP contribution in [0.25, 0.3) is 0 Å². The number of esters is 1. The van der Waals surface area contributed by atoms with E-state index >= 15 is 0 Å². The maximum Gasteiger partial charge on any atom is 0.343 e. The van der Waals surface area contributed by atoms with Gasteiger partial charge in [-0.3, -0.25) is 0 Å². The molecule has 0 saturated carbocycles. The number of hydrogen-bond acceptors (Lipinski definition) is 4. The fourth-order valence-corrected chi connectivity index (χ4v) is 2.86. The fourth-order valence-electron chi connectivity index (χ4n) is 2.44. The SMILES string of the molecule is CC(C)(C)c1ccc(C(=O)Oc2ccc(Oc3ncc(Cl)cc3Cl)cc2)cc1. The van der Waals surface area contributed by atoms with Crippen molar-refractivity contribution in [3.63, 3.8) is 0 Å². The third kappa shape index (κ3) is 5.03. The Kier molecular flexibility index (Phi) is 5.92. The van der Waals surface area contributed by atoms with Crippen LogP contribution in [-0.4, -0.2) is 11.0 Å². The Morgan fingerprint density at radius 1 is 0.929 bits per heavy atom. The van der Waals surface area contributed by atoms with Crippen LogP contribution in [0, 0.1) is 0 Å². The van der Waals surface area contributed by atoms with Crippen LogP contribution in [0.3, 0.4) is 0 Å². The van der Waals surface area contributed by atoms with Gasteiger partial charge >= 0.3 is 5.97 Å². The molecule has 0 fully saturated rings. The normalized spacial score (nSPS) is 11.2. The number of nitrogens with zero attached hydrogens (tertiary/aromatic N) is 1. The molecule has 0 aliphatic rings. The Hall–Kier alpha value is -2.56. The monoisotopic (exact) mass is 415 g/mol. The Morgan fingerprint density at radius 2 is 1.54 bits per heavy atom. The number of ether oxygens (including phenoxy) is 2. The smallest absolute Gasteiger partial charge is 0.343 e. The highest BCUT2D eigenvalue weighted by molar-refractivity contribution is 6.35. The average molecular weight is 416 g/mol. The first-order valence-electron chi connectivity index (χ1n) is 8.64. The highest BCUT2D eigenvalue weighted by atomic mass is 35.5. The molecule has 0 aliphatic carbocycles. The molecule has 0 N–H and O–H groups in total. The van der Waals surface area contributed by atoms with Gasteiger partial charge in [-0.2, -0.15) is 0 Å². The summed E-state index contributed by atoms with van der Waals surface area (Å²) in [6.45, 7) is 6.37. The van der Waals surface area contributed by atoms with Crippen LogP contribution >= 0.6 is 23.2 Å². The first kappa shape index (κ1) is 20.2. The lowest BCUT2D eigenvalue weighted by Gasteiger charge is -2.18. The third-order valence-corrected chi connectivity index (χ3v) is 4.49. The topological polar surface area (TPSA) is 48.4 Å². The molecule has 144 valence electrons. The number of pyridine rings is 1. The minimum Gasteiger partial charge on any atom is -0.438 e. The van der Waals surface area contributed by atoms with Crippen molar-refractivity contribution in [2.24, 2.45) is 0 Å². The number of hydrogen-bond donors (Lipinski definition) is 0. The molecule has 4 nitrogen and oxygen atoms in total. The van der Waals surface area contributed by atoms with Gasteiger partial charge in [0.1, 0.15) is 16.5 Å². The number of aromatic nitrogens is 1. The van der Waals surface area contributed by atoms with E-state index in [9.17, 15) is 4.79 Å². The molecule has 0 saturated heterocycles. The second-order valence-electron chi connectivity index (χ2n) is 7.23. The van der Waals surface area contributed by atoms with E-state index < -0.39 is 5.97 Å². The standard InChI is InChI=1S/C22H19Cl2NO3/c1-22(2,3)15-6-4-14(5-7-15)21(26)28-18-10-8-17(9-11-18)27-20-19(24)12-16(23)13-25-20/h4-13H,1-3H3. The van der Waals surface area contributed by atoms with Gasteiger partial charge in [0.15, 0.2) is 0 Å². The van der Waals surface area contributed by atoms with Crippen LogP contribution in [0.1, 0.15) is 36.7 Å². The molecular weight excluding hydrogens is 397 g/mol. The van der Waals surface area contributed by atoms with Crippen molar-refractivity contribution in [3.8, 4) is 17.4 Å². The Labute approximate surface area is 174 Å². The minimum atomic E-state index is -0.420. The van der Waals surface area contributed by atoms with Crippen molar-refractivity contribution in [3.05, 3.63) is 82.0 Å². The molecular formula is C22H19Cl2NO3. The van der Waals surface area contributed by atoms with Gasteiger partial charge in [-0.25, -0.2) is 9.78 Å². The molecule has 0 radical (unpaired) electrons. The van der Waals surface area contributed by atoms with Gasteiger partial charge < -0.3 is 9.47 Å². The summed E-state index contributed by atoms with van der Waals surface area (Å²) in [4.78, 5) is 16.4. The van der Waals surface area contributed by atoms with Crippen LogP contribution in [0.15, 0.2) is 60.8 Å². The first-order chi connectivity index (χ1) is 13.2. The second-order valence-corrected chi connectivity index (χ2v) is 8.07. The zero-order valence-corrected chi connectivity index (χ0v) is 17.2. The van der Waals surface area contributed by atoms with Crippen LogP contribution in [0.2, 0.25) is 10.0 Å². The van der Waals surface area contributed by atoms with Gasteiger partial charge in [0.05, 0.1) is 10.6 Å². The summed E-state index contributed by atoms with van der Waals surface area (Å²) < 4.78 is 11.0. The summed E-state index contributed by atoms with van der Waals surface area (Å²) in [6.07, 6.45) is 1.45. The molecule has 1 heterocycles. The summed E-state index contributed by atoms with van der Waals surface area (Å²) in [7, 11) is 0. The molecule has 0 atom stereocenters. The lowest BCUT2D eigenvalue weighted by Crippen LogP contribution is -2.12. The van der Waals surface area contributed by atoms with Gasteiger partial charge in [-0.15, -0.1) is 0 Å². The van der Waals surface area contributed by atoms with Gasteiger partial charge in [0, 0.05) is 6.20 Å². The zero-order chi connectivity index (χ0) is 20.3. The quantitative estimate of drug-likeness (QED) is 0.351. The molecule has 3 rings (SSSR count). The van der Waals surface area contributed by atoms with E-state index in [-0.39, 0.29) is 11.3 Å². The maximum atomic E-state index is 12.3. The number of rotatable bonds is 4. The number of carbonyl (C=O) groups excluding carboxylic acids is 1. The minimum absolute atomic E-state index is 0.0279. The summed E-state index contributed by atoms with van der Waals surface area (Å²) in [5.74, 6) is 0.741. The first-order valence-corrected chi connectivity index (χ1v) is 9.40. The average Bonchev–Trinajstić information content (AvgIpc) is 2.65. The molecule has 6 heteroatoms. The Bertz CT molecular complexity index is 978. The molecule has 3 aromatic rings. The summed E-state index contributed by atoms with van der Waals surface area (Å²) in [5.41, 5.74) is 1.67. The molecule has 28 heavy (non-hydrogen) atoms. The summed E-state index contributed by atoms with van der Waals surface area (Å²) in [6, 6.07) is 15.6. The number of carbonyl (C=O) groups is 1. The van der Waals surface area contributed by atoms with Crippen molar-refractivity contribution >= 4 is 29.2 Å². The fraction of sp³-hybridized carbons (Fsp3) is 0.182. The van der Waals surface area contributed by atoms with Gasteiger partial charge in [-0.1, -0.05) is 56.1 Å². The Balaban J connectivity index is 1.66. The van der Waals surface area contributed by atoms with E-state index in [4.69, 9.17) is 32.7 Å². The lowest BCUT2D eigenvalue weighted by molar-refractivity contribution is 0.0734. The highest BCUT2D eigenvalue weighted by Gasteiger charge is 2.15. The van der Waals surface area contributed by atoms with Gasteiger partial charge in [-0.05, 0) is 53.4 Å². The summed E-state index contributed by atoms with van der Waals surface area (Å²) >= 11 is 11.9. The maximum absolute atomic E-state index is 12.3. The van der Waals surface area contributed by atoms with E-state index in [0.29, 0.717) is 27.1 Å². The van der Waals surface area contributed by atoms with Crippen molar-refractivity contribution in [1.82, 2.24) is 4.98 Å². The third-order valence-electron chi connectivity index (χ3n) is 4.01. The van der Waals surface area contributed by atoms with Crippen molar-refractivity contribution in [2.45, 2.75) is 26.2 Å². The van der Waals surface area contributed by atoms with Crippen LogP contribution in [-0.2, 0) is 5.41 Å². The van der Waals surface area contributed by atoms with E-state index in [1.54, 1.807) is 42.5 Å². The molecule has 1 aromatic heterocycles. The molecule has 0 unspecified atom stereocenters. The van der Waals surface area contributed by atoms with Crippen LogP contribution in [0.4, 0.5) is 0 Å². The largest absolute Gasteiger partial charge is 0.438 e. The van der Waals surface area contributed by atoms with Crippen molar-refractivity contribution < 1.29 is 14.3 Å². The predicted octanol–water partition coefficient (Wildman–Crippen LogP) is 6.70.